The van der Waals surface area contributed by atoms with Crippen molar-refractivity contribution in [1.29, 1.82) is 5.26 Å². The van der Waals surface area contributed by atoms with Gasteiger partial charge in [0.15, 0.2) is 6.10 Å². The summed E-state index contributed by atoms with van der Waals surface area (Å²) in [5.74, 6) is -1.62. The number of esters is 4. The molecule has 0 saturated heterocycles. The van der Waals surface area contributed by atoms with Crippen molar-refractivity contribution < 1.29 is 37.8 Å². The van der Waals surface area contributed by atoms with E-state index in [-0.39, 0.29) is 6.61 Å². The van der Waals surface area contributed by atoms with Gasteiger partial charge in [-0.1, -0.05) is 0 Å². The second-order valence-electron chi connectivity index (χ2n) is 12.9. The van der Waals surface area contributed by atoms with E-state index in [2.05, 4.69) is 0 Å². The van der Waals surface area contributed by atoms with Crippen LogP contribution in [0.1, 0.15) is 83.1 Å². The Morgan fingerprint density at radius 3 is 1.63 bits per heavy atom. The molecule has 0 aromatic heterocycles. The van der Waals surface area contributed by atoms with Crippen molar-refractivity contribution in [1.82, 2.24) is 0 Å². The molecule has 0 radical (unpaired) electrons. The second-order valence-corrected chi connectivity index (χ2v) is 12.9. The molecule has 35 heavy (non-hydrogen) atoms. The fraction of sp³-hybridized carbons (Fsp3) is 0.808. The van der Waals surface area contributed by atoms with Gasteiger partial charge in [0.1, 0.15) is 11.5 Å². The molecule has 1 aliphatic rings. The normalized spacial score (nSPS) is 19.4. The Balaban J connectivity index is 3.53. The fourth-order valence-electron chi connectivity index (χ4n) is 2.63. The number of rotatable bonds is 6. The first kappa shape index (κ1) is 30.4. The van der Waals surface area contributed by atoms with E-state index in [1.54, 1.807) is 62.3 Å². The van der Waals surface area contributed by atoms with E-state index in [1.807, 2.05) is 26.8 Å². The molecule has 0 saturated carbocycles. The summed E-state index contributed by atoms with van der Waals surface area (Å²) >= 11 is 0. The molecule has 0 amide bonds. The van der Waals surface area contributed by atoms with Crippen LogP contribution in [-0.4, -0.2) is 54.9 Å². The summed E-state index contributed by atoms with van der Waals surface area (Å²) in [6, 6.07) is 1.90. The van der Waals surface area contributed by atoms with Crippen LogP contribution in [-0.2, 0) is 37.8 Å². The van der Waals surface area contributed by atoms with Gasteiger partial charge >= 0.3 is 23.9 Å². The Labute approximate surface area is 209 Å². The topological polar surface area (TPSA) is 123 Å². The largest absolute Gasteiger partial charge is 0.491 e. The van der Waals surface area contributed by atoms with Gasteiger partial charge in [-0.05, 0) is 83.1 Å². The Morgan fingerprint density at radius 1 is 0.829 bits per heavy atom. The average molecular weight is 497 g/mol. The van der Waals surface area contributed by atoms with Gasteiger partial charge in [-0.15, -0.1) is 0 Å². The maximum atomic E-state index is 12.9. The van der Waals surface area contributed by atoms with E-state index < -0.39 is 64.0 Å². The SMILES string of the molecule is CC(C)(C)C(=O)OC(C#N)C(OC(=O)C(C)(C)C)C(OC(=O)C(C)(C)C)C1C[O+]=C(C(C)(C)C)O1. The number of cyclic esters (lactones) is 1. The molecule has 9 heteroatoms. The minimum absolute atomic E-state index is 0.0103. The summed E-state index contributed by atoms with van der Waals surface area (Å²) in [7, 11) is 0. The number of nitrogens with zero attached hydrogens (tertiary/aromatic N) is 1. The highest BCUT2D eigenvalue weighted by molar-refractivity contribution is 5.78. The lowest BCUT2D eigenvalue weighted by Gasteiger charge is -2.33. The smallest absolute Gasteiger partial charge is 0.453 e. The molecule has 4 atom stereocenters. The third kappa shape index (κ3) is 8.52. The number of nitriles is 1. The quantitative estimate of drug-likeness (QED) is 0.308. The van der Waals surface area contributed by atoms with Crippen LogP contribution in [0.4, 0.5) is 0 Å². The van der Waals surface area contributed by atoms with Gasteiger partial charge in [0, 0.05) is 0 Å². The Kier molecular flexibility index (Phi) is 9.16. The molecular weight excluding hydrogens is 454 g/mol. The van der Waals surface area contributed by atoms with Crippen molar-refractivity contribution in [3.05, 3.63) is 0 Å². The zero-order chi connectivity index (χ0) is 27.6. The first-order valence-electron chi connectivity index (χ1n) is 11.8. The summed E-state index contributed by atoms with van der Waals surface area (Å²) in [6.07, 6.45) is -5.21. The van der Waals surface area contributed by atoms with Crippen LogP contribution >= 0.6 is 0 Å². The van der Waals surface area contributed by atoms with Gasteiger partial charge in [-0.2, -0.15) is 5.26 Å². The van der Waals surface area contributed by atoms with E-state index in [4.69, 9.17) is 23.4 Å². The summed E-state index contributed by atoms with van der Waals surface area (Å²) in [5.41, 5.74) is -3.25. The van der Waals surface area contributed by atoms with Crippen molar-refractivity contribution in [2.24, 2.45) is 21.7 Å². The minimum Gasteiger partial charge on any atom is -0.453 e. The molecule has 0 spiro atoms. The van der Waals surface area contributed by atoms with Crippen LogP contribution in [0.15, 0.2) is 0 Å². The minimum atomic E-state index is -1.56. The zero-order valence-electron chi connectivity index (χ0n) is 23.2. The molecule has 0 aromatic rings. The highest BCUT2D eigenvalue weighted by Gasteiger charge is 2.54. The number of ether oxygens (including phenoxy) is 4. The van der Waals surface area contributed by atoms with Crippen LogP contribution in [0, 0.1) is 33.0 Å². The van der Waals surface area contributed by atoms with Crippen LogP contribution in [0.3, 0.4) is 0 Å². The third-order valence-corrected chi connectivity index (χ3v) is 4.92. The standard InChI is InChI=1S/C26H42NO8/c1-23(2,3)19(28)32-15(13-27)17(34-20(29)24(4,5)6)18(35-21(30)25(7,8)9)16-14-31-22(33-16)26(10,11)12/h15-18H,14H2,1-12H3/q+1. The first-order chi connectivity index (χ1) is 15.6. The van der Waals surface area contributed by atoms with E-state index in [9.17, 15) is 19.6 Å². The predicted octanol–water partition coefficient (Wildman–Crippen LogP) is 3.89. The van der Waals surface area contributed by atoms with Crippen LogP contribution in [0.25, 0.3) is 0 Å². The van der Waals surface area contributed by atoms with Gasteiger partial charge in [0.2, 0.25) is 12.2 Å². The van der Waals surface area contributed by atoms with Gasteiger partial charge in [0.25, 0.3) is 12.7 Å². The Hall–Kier alpha value is -2.63. The molecule has 1 aliphatic heterocycles. The number of carbonyl (C=O) groups is 3. The molecular formula is C26H42NO8+. The van der Waals surface area contributed by atoms with Crippen LogP contribution in [0.2, 0.25) is 0 Å². The van der Waals surface area contributed by atoms with Crippen molar-refractivity contribution in [2.75, 3.05) is 6.61 Å². The summed E-state index contributed by atoms with van der Waals surface area (Å²) in [6.45, 7) is 20.5. The number of hydrogen-bond acceptors (Lipinski definition) is 8. The average Bonchev–Trinajstić information content (AvgIpc) is 3.16. The van der Waals surface area contributed by atoms with Gasteiger partial charge in [0.05, 0.1) is 16.2 Å². The second kappa shape index (κ2) is 10.5. The van der Waals surface area contributed by atoms with Crippen molar-refractivity contribution >= 4 is 23.9 Å². The maximum absolute atomic E-state index is 12.9. The molecule has 1 heterocycles. The molecule has 0 N–H and O–H groups in total. The van der Waals surface area contributed by atoms with Crippen molar-refractivity contribution in [3.63, 3.8) is 0 Å². The fourth-order valence-corrected chi connectivity index (χ4v) is 2.63. The van der Waals surface area contributed by atoms with Crippen LogP contribution in [0.5, 0.6) is 0 Å². The van der Waals surface area contributed by atoms with E-state index in [0.717, 1.165) is 0 Å². The lowest BCUT2D eigenvalue weighted by atomic mass is 9.94. The highest BCUT2D eigenvalue weighted by Crippen LogP contribution is 2.30. The van der Waals surface area contributed by atoms with Gasteiger partial charge in [-0.25, -0.2) is 0 Å². The van der Waals surface area contributed by atoms with E-state index in [1.165, 1.54) is 0 Å². The van der Waals surface area contributed by atoms with Crippen LogP contribution < -0.4 is 0 Å². The van der Waals surface area contributed by atoms with Crippen molar-refractivity contribution in [3.8, 4) is 6.07 Å². The van der Waals surface area contributed by atoms with Gasteiger partial charge < -0.3 is 23.4 Å². The number of carbonyl (C=O) groups excluding carboxylic acids is 4. The Bertz CT molecular complexity index is 871. The maximum Gasteiger partial charge on any atom is 0.491 e. The van der Waals surface area contributed by atoms with Gasteiger partial charge in [-0.3, -0.25) is 14.4 Å². The lowest BCUT2D eigenvalue weighted by molar-refractivity contribution is -0.454. The third-order valence-electron chi connectivity index (χ3n) is 4.92. The summed E-state index contributed by atoms with van der Waals surface area (Å²) < 4.78 is 28.7. The van der Waals surface area contributed by atoms with E-state index >= 15 is 0 Å². The molecule has 9 nitrogen and oxygen atoms in total. The molecule has 0 fully saturated rings. The molecule has 0 bridgehead atoms. The number of hydrogen-bond donors (Lipinski definition) is 0. The Morgan fingerprint density at radius 2 is 1.26 bits per heavy atom. The molecule has 0 aromatic carbocycles. The lowest BCUT2D eigenvalue weighted by Crippen LogP contribution is -2.53. The zero-order valence-corrected chi connectivity index (χ0v) is 23.2. The molecule has 1 rings (SSSR count). The molecule has 198 valence electrons. The molecule has 0 aliphatic carbocycles. The molecule has 4 unspecified atom stereocenters. The monoisotopic (exact) mass is 496 g/mol. The predicted molar refractivity (Wildman–Crippen MR) is 128 cm³/mol. The highest BCUT2D eigenvalue weighted by atomic mass is 16.7. The van der Waals surface area contributed by atoms with E-state index in [0.29, 0.717) is 5.97 Å². The van der Waals surface area contributed by atoms with Crippen molar-refractivity contribution in [2.45, 2.75) is 108 Å². The summed E-state index contributed by atoms with van der Waals surface area (Å²) in [5, 5.41) is 9.96. The first-order valence-corrected chi connectivity index (χ1v) is 11.8. The summed E-state index contributed by atoms with van der Waals surface area (Å²) in [4.78, 5) is 38.5.